The molecule has 4 nitrogen and oxygen atoms in total. The van der Waals surface area contributed by atoms with Gasteiger partial charge in [0.2, 0.25) is 5.91 Å². The third-order valence-electron chi connectivity index (χ3n) is 5.27. The lowest BCUT2D eigenvalue weighted by Crippen LogP contribution is -2.42. The smallest absolute Gasteiger partial charge is 0.230 e. The molecular weight excluding hydrogens is 378 g/mol. The number of anilines is 1. The maximum absolute atomic E-state index is 13.3. The molecule has 1 atom stereocenters. The summed E-state index contributed by atoms with van der Waals surface area (Å²) in [5, 5.41) is 0. The third-order valence-corrected chi connectivity index (χ3v) is 7.45. The molecule has 2 aromatic rings. The fourth-order valence-electron chi connectivity index (χ4n) is 3.76. The average Bonchev–Trinajstić information content (AvgIpc) is 3.08. The van der Waals surface area contributed by atoms with Crippen molar-refractivity contribution < 1.29 is 13.6 Å². The van der Waals surface area contributed by atoms with E-state index in [1.807, 2.05) is 50.2 Å². The summed E-state index contributed by atoms with van der Waals surface area (Å²) in [4.78, 5) is 16.0. The number of rotatable bonds is 5. The molecule has 0 aliphatic heterocycles. The van der Waals surface area contributed by atoms with Crippen molar-refractivity contribution in [3.63, 3.8) is 0 Å². The zero-order valence-corrected chi connectivity index (χ0v) is 17.7. The quantitative estimate of drug-likeness (QED) is 0.662. The monoisotopic (exact) mass is 405 g/mol. The first-order valence-corrected chi connectivity index (χ1v) is 11.4. The summed E-state index contributed by atoms with van der Waals surface area (Å²) < 4.78 is 22.2. The first-order chi connectivity index (χ1) is 12.9. The molecular formula is C21H27NO3S2. The van der Waals surface area contributed by atoms with Crippen LogP contribution < -0.4 is 4.90 Å². The lowest BCUT2D eigenvalue weighted by atomic mass is 9.82. The van der Waals surface area contributed by atoms with Gasteiger partial charge in [-0.1, -0.05) is 37.3 Å². The Balaban J connectivity index is 1.98. The van der Waals surface area contributed by atoms with E-state index in [0.29, 0.717) is 15.8 Å². The van der Waals surface area contributed by atoms with Crippen LogP contribution in [0.5, 0.6) is 0 Å². The molecule has 1 heterocycles. The first kappa shape index (κ1) is 20.2. The van der Waals surface area contributed by atoms with Gasteiger partial charge in [-0.2, -0.15) is 0 Å². The Hall–Kier alpha value is -1.50. The van der Waals surface area contributed by atoms with E-state index in [-0.39, 0.29) is 17.9 Å². The van der Waals surface area contributed by atoms with Crippen LogP contribution in [0.25, 0.3) is 10.4 Å². The van der Waals surface area contributed by atoms with Gasteiger partial charge >= 0.3 is 0 Å². The molecule has 1 fully saturated rings. The summed E-state index contributed by atoms with van der Waals surface area (Å²) in [6.07, 6.45) is 3.94. The van der Waals surface area contributed by atoms with Crippen LogP contribution in [-0.4, -0.2) is 20.7 Å². The van der Waals surface area contributed by atoms with Crippen molar-refractivity contribution in [2.45, 2.75) is 56.7 Å². The minimum Gasteiger partial charge on any atom is -0.308 e. The van der Waals surface area contributed by atoms with Gasteiger partial charge in [-0.3, -0.25) is 4.79 Å². The van der Waals surface area contributed by atoms with Crippen LogP contribution in [0, 0.1) is 11.8 Å². The number of amides is 1. The SMILES string of the molecule is CC1CCC(C(=O)N(c2cc(-c3ccccc3)sc2S(=O)O)C(C)C)CC1. The van der Waals surface area contributed by atoms with E-state index >= 15 is 0 Å². The minimum absolute atomic E-state index is 0.00338. The predicted octanol–water partition coefficient (Wildman–Crippen LogP) is 5.56. The second-order valence-corrected chi connectivity index (χ2v) is 9.87. The molecule has 1 aromatic carbocycles. The highest BCUT2D eigenvalue weighted by Gasteiger charge is 2.33. The van der Waals surface area contributed by atoms with Crippen LogP contribution in [0.1, 0.15) is 46.5 Å². The summed E-state index contributed by atoms with van der Waals surface area (Å²) in [7, 11) is 0. The molecule has 146 valence electrons. The maximum Gasteiger partial charge on any atom is 0.230 e. The zero-order chi connectivity index (χ0) is 19.6. The van der Waals surface area contributed by atoms with Gasteiger partial charge in [0.25, 0.3) is 0 Å². The number of benzene rings is 1. The minimum atomic E-state index is -2.13. The Morgan fingerprint density at radius 1 is 1.19 bits per heavy atom. The molecule has 6 heteroatoms. The van der Waals surface area contributed by atoms with Gasteiger partial charge < -0.3 is 9.45 Å². The number of hydrogen-bond acceptors (Lipinski definition) is 3. The van der Waals surface area contributed by atoms with Crippen molar-refractivity contribution in [1.29, 1.82) is 0 Å². The fraction of sp³-hybridized carbons (Fsp3) is 0.476. The molecule has 1 amide bonds. The molecule has 1 aliphatic carbocycles. The van der Waals surface area contributed by atoms with Crippen LogP contribution in [0.3, 0.4) is 0 Å². The van der Waals surface area contributed by atoms with E-state index < -0.39 is 11.1 Å². The Morgan fingerprint density at radius 2 is 1.81 bits per heavy atom. The van der Waals surface area contributed by atoms with Crippen LogP contribution in [0.4, 0.5) is 5.69 Å². The van der Waals surface area contributed by atoms with Gasteiger partial charge in [-0.25, -0.2) is 4.21 Å². The van der Waals surface area contributed by atoms with Crippen LogP contribution in [0.2, 0.25) is 0 Å². The number of carbonyl (C=O) groups excluding carboxylic acids is 1. The van der Waals surface area contributed by atoms with Crippen molar-refractivity contribution in [1.82, 2.24) is 0 Å². The third kappa shape index (κ3) is 4.50. The second-order valence-electron chi connectivity index (χ2n) is 7.66. The lowest BCUT2D eigenvalue weighted by Gasteiger charge is -2.33. The largest absolute Gasteiger partial charge is 0.308 e. The van der Waals surface area contributed by atoms with E-state index in [1.165, 1.54) is 11.3 Å². The van der Waals surface area contributed by atoms with E-state index in [9.17, 15) is 13.6 Å². The molecule has 3 rings (SSSR count). The number of nitrogens with zero attached hydrogens (tertiary/aromatic N) is 1. The standard InChI is InChI=1S/C21H27NO3S2/c1-14(2)22(20(23)17-11-9-15(3)10-12-17)18-13-19(26-21(18)27(24)25)16-7-5-4-6-8-16/h4-8,13-15,17H,9-12H2,1-3H3,(H,24,25). The molecule has 0 bridgehead atoms. The van der Waals surface area contributed by atoms with Crippen molar-refractivity contribution in [3.8, 4) is 10.4 Å². The topological polar surface area (TPSA) is 57.6 Å². The molecule has 0 radical (unpaired) electrons. The highest BCUT2D eigenvalue weighted by molar-refractivity contribution is 7.82. The zero-order valence-electron chi connectivity index (χ0n) is 16.1. The summed E-state index contributed by atoms with van der Waals surface area (Å²) >= 11 is -0.846. The van der Waals surface area contributed by atoms with Gasteiger partial charge in [0.1, 0.15) is 4.21 Å². The lowest BCUT2D eigenvalue weighted by molar-refractivity contribution is -0.123. The summed E-state index contributed by atoms with van der Waals surface area (Å²) in [6.45, 7) is 6.17. The molecule has 1 unspecified atom stereocenters. The molecule has 0 spiro atoms. The molecule has 1 aromatic heterocycles. The predicted molar refractivity (Wildman–Crippen MR) is 113 cm³/mol. The molecule has 1 aliphatic rings. The molecule has 1 saturated carbocycles. The van der Waals surface area contributed by atoms with E-state index in [1.54, 1.807) is 4.90 Å². The van der Waals surface area contributed by atoms with Crippen molar-refractivity contribution >= 4 is 34.0 Å². The van der Waals surface area contributed by atoms with Crippen LogP contribution in [0.15, 0.2) is 40.6 Å². The van der Waals surface area contributed by atoms with Crippen molar-refractivity contribution in [2.75, 3.05) is 4.90 Å². The van der Waals surface area contributed by atoms with Crippen LogP contribution >= 0.6 is 11.3 Å². The van der Waals surface area contributed by atoms with E-state index in [2.05, 4.69) is 6.92 Å². The molecule has 27 heavy (non-hydrogen) atoms. The maximum atomic E-state index is 13.3. The normalized spacial score (nSPS) is 21.2. The van der Waals surface area contributed by atoms with Gasteiger partial charge in [-0.05, 0) is 57.1 Å². The fourth-order valence-corrected chi connectivity index (χ4v) is 5.53. The van der Waals surface area contributed by atoms with Gasteiger partial charge in [0, 0.05) is 16.8 Å². The average molecular weight is 406 g/mol. The van der Waals surface area contributed by atoms with Crippen LogP contribution in [-0.2, 0) is 15.9 Å². The van der Waals surface area contributed by atoms with Gasteiger partial charge in [-0.15, -0.1) is 11.3 Å². The van der Waals surface area contributed by atoms with Crippen molar-refractivity contribution in [2.24, 2.45) is 11.8 Å². The van der Waals surface area contributed by atoms with E-state index in [0.717, 1.165) is 36.1 Å². The van der Waals surface area contributed by atoms with Crippen molar-refractivity contribution in [3.05, 3.63) is 36.4 Å². The van der Waals surface area contributed by atoms with Gasteiger partial charge in [0.15, 0.2) is 11.1 Å². The summed E-state index contributed by atoms with van der Waals surface area (Å²) in [5.74, 6) is 0.762. The Labute approximate surface area is 167 Å². The highest BCUT2D eigenvalue weighted by atomic mass is 32.2. The Morgan fingerprint density at radius 3 is 2.37 bits per heavy atom. The Bertz CT molecular complexity index is 808. The number of hydrogen-bond donors (Lipinski definition) is 1. The number of carbonyl (C=O) groups is 1. The molecule has 0 saturated heterocycles. The highest BCUT2D eigenvalue weighted by Crippen LogP contribution is 2.41. The van der Waals surface area contributed by atoms with Gasteiger partial charge in [0.05, 0.1) is 5.69 Å². The summed E-state index contributed by atoms with van der Waals surface area (Å²) in [5.41, 5.74) is 1.57. The second kappa shape index (κ2) is 8.67. The number of thiophene rings is 1. The Kier molecular flexibility index (Phi) is 6.50. The van der Waals surface area contributed by atoms with E-state index in [4.69, 9.17) is 0 Å². The summed E-state index contributed by atoms with van der Waals surface area (Å²) in [6, 6.07) is 11.6. The molecule has 1 N–H and O–H groups in total. The first-order valence-electron chi connectivity index (χ1n) is 9.51.